The molecule has 2 heterocycles. The SMILES string of the molecule is Cl.O=C1CC[C@@H](C(=O)Nc2ccc3c(c2)CNCC3)N1. The second-order valence-electron chi connectivity index (χ2n) is 5.06. The van der Waals surface area contributed by atoms with E-state index in [0.29, 0.717) is 12.8 Å². The Labute approximate surface area is 123 Å². The van der Waals surface area contributed by atoms with Gasteiger partial charge in [0.2, 0.25) is 11.8 Å². The van der Waals surface area contributed by atoms with Crippen LogP contribution in [0.2, 0.25) is 0 Å². The van der Waals surface area contributed by atoms with Crippen LogP contribution in [0.4, 0.5) is 5.69 Å². The molecule has 108 valence electrons. The molecule has 1 aromatic carbocycles. The zero-order valence-electron chi connectivity index (χ0n) is 11.1. The van der Waals surface area contributed by atoms with Crippen LogP contribution in [0.1, 0.15) is 24.0 Å². The molecule has 1 fully saturated rings. The standard InChI is InChI=1S/C14H17N3O2.ClH/c18-13-4-3-12(17-13)14(19)16-11-2-1-9-5-6-15-8-10(9)7-11;/h1-2,7,12,15H,3-6,8H2,(H,16,19)(H,17,18);1H/t12-;/m0./s1. The first-order valence-corrected chi connectivity index (χ1v) is 6.65. The molecule has 3 N–H and O–H groups in total. The van der Waals surface area contributed by atoms with Gasteiger partial charge in [-0.1, -0.05) is 6.07 Å². The third-order valence-electron chi connectivity index (χ3n) is 3.67. The molecule has 0 spiro atoms. The Morgan fingerprint density at radius 2 is 2.10 bits per heavy atom. The van der Waals surface area contributed by atoms with E-state index in [9.17, 15) is 9.59 Å². The number of halogens is 1. The number of hydrogen-bond donors (Lipinski definition) is 3. The summed E-state index contributed by atoms with van der Waals surface area (Å²) in [6, 6.07) is 5.62. The van der Waals surface area contributed by atoms with Crippen LogP contribution in [0.15, 0.2) is 18.2 Å². The van der Waals surface area contributed by atoms with Gasteiger partial charge in [0.1, 0.15) is 6.04 Å². The second-order valence-corrected chi connectivity index (χ2v) is 5.06. The molecule has 1 saturated heterocycles. The molecule has 0 saturated carbocycles. The van der Waals surface area contributed by atoms with Crippen LogP contribution in [0.25, 0.3) is 0 Å². The number of carbonyl (C=O) groups excluding carboxylic acids is 2. The number of carbonyl (C=O) groups is 2. The van der Waals surface area contributed by atoms with Gasteiger partial charge < -0.3 is 16.0 Å². The zero-order chi connectivity index (χ0) is 13.2. The van der Waals surface area contributed by atoms with Gasteiger partial charge in [-0.05, 0) is 42.6 Å². The number of benzene rings is 1. The number of hydrogen-bond acceptors (Lipinski definition) is 3. The van der Waals surface area contributed by atoms with Crippen molar-refractivity contribution in [1.82, 2.24) is 10.6 Å². The van der Waals surface area contributed by atoms with Crippen LogP contribution in [0, 0.1) is 0 Å². The van der Waals surface area contributed by atoms with E-state index in [-0.39, 0.29) is 30.3 Å². The minimum atomic E-state index is -0.387. The molecule has 1 aromatic rings. The number of anilines is 1. The van der Waals surface area contributed by atoms with E-state index in [4.69, 9.17) is 0 Å². The van der Waals surface area contributed by atoms with Crippen LogP contribution in [0.3, 0.4) is 0 Å². The Balaban J connectivity index is 0.00000147. The highest BCUT2D eigenvalue weighted by atomic mass is 35.5. The molecular formula is C14H18ClN3O2. The Kier molecular flexibility index (Phi) is 4.62. The Morgan fingerprint density at radius 3 is 2.85 bits per heavy atom. The number of amides is 2. The van der Waals surface area contributed by atoms with Gasteiger partial charge in [-0.15, -0.1) is 12.4 Å². The number of rotatable bonds is 2. The van der Waals surface area contributed by atoms with E-state index in [1.807, 2.05) is 12.1 Å². The van der Waals surface area contributed by atoms with Crippen molar-refractivity contribution in [1.29, 1.82) is 0 Å². The summed E-state index contributed by atoms with van der Waals surface area (Å²) in [5.74, 6) is -0.177. The highest BCUT2D eigenvalue weighted by Gasteiger charge is 2.27. The van der Waals surface area contributed by atoms with Crippen LogP contribution >= 0.6 is 12.4 Å². The lowest BCUT2D eigenvalue weighted by Crippen LogP contribution is -2.37. The van der Waals surface area contributed by atoms with E-state index in [2.05, 4.69) is 22.0 Å². The first-order valence-electron chi connectivity index (χ1n) is 6.65. The van der Waals surface area contributed by atoms with E-state index in [1.165, 1.54) is 11.1 Å². The Bertz CT molecular complexity index is 533. The maximum absolute atomic E-state index is 12.0. The van der Waals surface area contributed by atoms with Gasteiger partial charge in [0.15, 0.2) is 0 Å². The molecule has 3 rings (SSSR count). The van der Waals surface area contributed by atoms with Gasteiger partial charge >= 0.3 is 0 Å². The predicted octanol–water partition coefficient (Wildman–Crippen LogP) is 0.971. The van der Waals surface area contributed by atoms with Gasteiger partial charge in [0.05, 0.1) is 0 Å². The van der Waals surface area contributed by atoms with Gasteiger partial charge in [-0.3, -0.25) is 9.59 Å². The van der Waals surface area contributed by atoms with Crippen LogP contribution < -0.4 is 16.0 Å². The molecule has 20 heavy (non-hydrogen) atoms. The normalized spacial score (nSPS) is 20.6. The third kappa shape index (κ3) is 3.11. The molecule has 6 heteroatoms. The molecule has 0 aliphatic carbocycles. The van der Waals surface area contributed by atoms with Crippen molar-refractivity contribution in [2.24, 2.45) is 0 Å². The summed E-state index contributed by atoms with van der Waals surface area (Å²) in [5, 5.41) is 8.86. The van der Waals surface area contributed by atoms with Gasteiger partial charge in [0, 0.05) is 18.7 Å². The molecule has 2 aliphatic heterocycles. The topological polar surface area (TPSA) is 70.2 Å². The average molecular weight is 296 g/mol. The fraction of sp³-hybridized carbons (Fsp3) is 0.429. The monoisotopic (exact) mass is 295 g/mol. The summed E-state index contributed by atoms with van der Waals surface area (Å²) in [5.41, 5.74) is 3.37. The van der Waals surface area contributed by atoms with Crippen molar-refractivity contribution in [2.45, 2.75) is 31.8 Å². The van der Waals surface area contributed by atoms with Crippen molar-refractivity contribution in [3.05, 3.63) is 29.3 Å². The maximum atomic E-state index is 12.0. The summed E-state index contributed by atoms with van der Waals surface area (Å²) in [6.07, 6.45) is 2.05. The zero-order valence-corrected chi connectivity index (χ0v) is 11.9. The lowest BCUT2D eigenvalue weighted by molar-refractivity contribution is -0.122. The maximum Gasteiger partial charge on any atom is 0.246 e. The van der Waals surface area contributed by atoms with Gasteiger partial charge in [-0.25, -0.2) is 0 Å². The minimum Gasteiger partial charge on any atom is -0.344 e. The number of nitrogens with one attached hydrogen (secondary N) is 3. The lowest BCUT2D eigenvalue weighted by Gasteiger charge is -2.18. The van der Waals surface area contributed by atoms with Gasteiger partial charge in [0.25, 0.3) is 0 Å². The molecule has 0 aromatic heterocycles. The predicted molar refractivity (Wildman–Crippen MR) is 78.9 cm³/mol. The molecule has 0 radical (unpaired) electrons. The molecule has 5 nitrogen and oxygen atoms in total. The lowest BCUT2D eigenvalue weighted by atomic mass is 10.0. The summed E-state index contributed by atoms with van der Waals surface area (Å²) in [4.78, 5) is 23.1. The summed E-state index contributed by atoms with van der Waals surface area (Å²) < 4.78 is 0. The molecule has 0 unspecified atom stereocenters. The minimum absolute atomic E-state index is 0. The van der Waals surface area contributed by atoms with Crippen LogP contribution in [-0.2, 0) is 22.6 Å². The fourth-order valence-electron chi connectivity index (χ4n) is 2.60. The van der Waals surface area contributed by atoms with Crippen molar-refractivity contribution in [2.75, 3.05) is 11.9 Å². The molecule has 2 amide bonds. The Hall–Kier alpha value is -1.59. The van der Waals surface area contributed by atoms with Gasteiger partial charge in [-0.2, -0.15) is 0 Å². The summed E-state index contributed by atoms with van der Waals surface area (Å²) in [6.45, 7) is 1.85. The van der Waals surface area contributed by atoms with Crippen molar-refractivity contribution in [3.8, 4) is 0 Å². The molecule has 2 aliphatic rings. The average Bonchev–Trinajstić information content (AvgIpc) is 2.85. The van der Waals surface area contributed by atoms with Crippen molar-refractivity contribution in [3.63, 3.8) is 0 Å². The molecule has 1 atom stereocenters. The molecule has 0 bridgehead atoms. The van der Waals surface area contributed by atoms with Crippen molar-refractivity contribution >= 4 is 29.9 Å². The Morgan fingerprint density at radius 1 is 1.25 bits per heavy atom. The smallest absolute Gasteiger partial charge is 0.246 e. The first kappa shape index (κ1) is 14.8. The fourth-order valence-corrected chi connectivity index (χ4v) is 2.60. The van der Waals surface area contributed by atoms with E-state index in [0.717, 1.165) is 25.2 Å². The van der Waals surface area contributed by atoms with Crippen molar-refractivity contribution < 1.29 is 9.59 Å². The van der Waals surface area contributed by atoms with E-state index < -0.39 is 0 Å². The quantitative estimate of drug-likeness (QED) is 0.761. The third-order valence-corrected chi connectivity index (χ3v) is 3.67. The summed E-state index contributed by atoms with van der Waals surface area (Å²) >= 11 is 0. The van der Waals surface area contributed by atoms with Crippen LogP contribution in [-0.4, -0.2) is 24.4 Å². The number of fused-ring (bicyclic) bond motifs is 1. The highest BCUT2D eigenvalue weighted by Crippen LogP contribution is 2.19. The summed E-state index contributed by atoms with van der Waals surface area (Å²) in [7, 11) is 0. The van der Waals surface area contributed by atoms with Crippen LogP contribution in [0.5, 0.6) is 0 Å². The second kappa shape index (κ2) is 6.24. The van der Waals surface area contributed by atoms with E-state index >= 15 is 0 Å². The highest BCUT2D eigenvalue weighted by molar-refractivity contribution is 5.99. The van der Waals surface area contributed by atoms with E-state index in [1.54, 1.807) is 0 Å². The largest absolute Gasteiger partial charge is 0.344 e. The first-order chi connectivity index (χ1) is 9.22. The molecular weight excluding hydrogens is 278 g/mol.